The fraction of sp³-hybridized carbons (Fsp3) is 0.381. The molecular weight excluding hydrogens is 342 g/mol. The van der Waals surface area contributed by atoms with E-state index in [4.69, 9.17) is 19.9 Å². The molecule has 1 aliphatic heterocycles. The highest BCUT2D eigenvalue weighted by molar-refractivity contribution is 5.92. The average molecular weight is 369 g/mol. The molecule has 0 aromatic heterocycles. The average Bonchev–Trinajstić information content (AvgIpc) is 2.73. The molecule has 0 bridgehead atoms. The zero-order valence-corrected chi connectivity index (χ0v) is 15.9. The van der Waals surface area contributed by atoms with Crippen LogP contribution >= 0.6 is 0 Å². The lowest BCUT2D eigenvalue weighted by molar-refractivity contribution is -0.0249. The van der Waals surface area contributed by atoms with Crippen LogP contribution in [0.3, 0.4) is 0 Å². The molecule has 27 heavy (non-hydrogen) atoms. The maximum atomic E-state index is 6.10. The van der Waals surface area contributed by atoms with Crippen molar-refractivity contribution in [2.75, 3.05) is 32.7 Å². The molecule has 2 aromatic carbocycles. The van der Waals surface area contributed by atoms with E-state index < -0.39 is 0 Å². The molecule has 2 aromatic rings. The number of hydrogen-bond acceptors (Lipinski definition) is 4. The normalized spacial score (nSPS) is 20.1. The molecule has 2 unspecified atom stereocenters. The summed E-state index contributed by atoms with van der Waals surface area (Å²) < 4.78 is 16.6. The zero-order valence-electron chi connectivity index (χ0n) is 15.9. The van der Waals surface area contributed by atoms with E-state index in [1.165, 1.54) is 5.56 Å². The Morgan fingerprint density at radius 1 is 1.15 bits per heavy atom. The second-order valence-electron chi connectivity index (χ2n) is 6.53. The largest absolute Gasteiger partial charge is 0.493 e. The molecular formula is C21H27N3O3. The smallest absolute Gasteiger partial charge is 0.193 e. The van der Waals surface area contributed by atoms with Crippen molar-refractivity contribution >= 4 is 11.6 Å². The fourth-order valence-electron chi connectivity index (χ4n) is 3.36. The van der Waals surface area contributed by atoms with Crippen LogP contribution in [0.2, 0.25) is 0 Å². The summed E-state index contributed by atoms with van der Waals surface area (Å²) in [5.74, 6) is 2.00. The van der Waals surface area contributed by atoms with Crippen LogP contribution in [-0.2, 0) is 4.74 Å². The van der Waals surface area contributed by atoms with E-state index in [9.17, 15) is 0 Å². The minimum Gasteiger partial charge on any atom is -0.493 e. The van der Waals surface area contributed by atoms with Crippen molar-refractivity contribution in [1.82, 2.24) is 0 Å². The van der Waals surface area contributed by atoms with Crippen molar-refractivity contribution in [1.29, 1.82) is 0 Å². The molecule has 3 N–H and O–H groups in total. The van der Waals surface area contributed by atoms with Crippen LogP contribution < -0.4 is 20.5 Å². The van der Waals surface area contributed by atoms with Crippen LogP contribution in [0.1, 0.15) is 24.5 Å². The highest BCUT2D eigenvalue weighted by Gasteiger charge is 2.27. The number of methoxy groups -OCH3 is 2. The topological polar surface area (TPSA) is 78.1 Å². The van der Waals surface area contributed by atoms with Gasteiger partial charge in [-0.25, -0.2) is 0 Å². The van der Waals surface area contributed by atoms with Crippen LogP contribution in [0.4, 0.5) is 5.69 Å². The predicted octanol–water partition coefficient (Wildman–Crippen LogP) is 3.60. The minimum absolute atomic E-state index is 0.0672. The summed E-state index contributed by atoms with van der Waals surface area (Å²) in [5.41, 5.74) is 8.09. The van der Waals surface area contributed by atoms with Crippen LogP contribution in [0.25, 0.3) is 0 Å². The van der Waals surface area contributed by atoms with Gasteiger partial charge in [0, 0.05) is 30.8 Å². The summed E-state index contributed by atoms with van der Waals surface area (Å²) >= 11 is 0. The maximum absolute atomic E-state index is 6.10. The zero-order chi connectivity index (χ0) is 19.1. The van der Waals surface area contributed by atoms with Gasteiger partial charge in [-0.3, -0.25) is 4.99 Å². The number of hydrogen-bond donors (Lipinski definition) is 2. The van der Waals surface area contributed by atoms with Gasteiger partial charge in [-0.05, 0) is 30.5 Å². The Labute approximate surface area is 160 Å². The molecule has 3 rings (SSSR count). The third-order valence-electron chi connectivity index (χ3n) is 4.73. The number of guanidine groups is 1. The SMILES string of the molecule is COc1ccc(NC(N)=NCC2CCCOC2c2ccccc2)cc1OC. The molecule has 0 aliphatic carbocycles. The van der Waals surface area contributed by atoms with E-state index in [-0.39, 0.29) is 6.10 Å². The Bertz CT molecular complexity index is 765. The van der Waals surface area contributed by atoms with Gasteiger partial charge in [0.15, 0.2) is 17.5 Å². The highest BCUT2D eigenvalue weighted by Crippen LogP contribution is 2.34. The summed E-state index contributed by atoms with van der Waals surface area (Å²) in [5, 5.41) is 3.11. The third-order valence-corrected chi connectivity index (χ3v) is 4.73. The lowest BCUT2D eigenvalue weighted by Crippen LogP contribution is -2.28. The number of anilines is 1. The lowest BCUT2D eigenvalue weighted by atomic mass is 9.89. The molecule has 0 radical (unpaired) electrons. The van der Waals surface area contributed by atoms with Gasteiger partial charge >= 0.3 is 0 Å². The number of nitrogens with one attached hydrogen (secondary N) is 1. The lowest BCUT2D eigenvalue weighted by Gasteiger charge is -2.31. The number of rotatable bonds is 6. The van der Waals surface area contributed by atoms with E-state index in [1.807, 2.05) is 36.4 Å². The standard InChI is InChI=1S/C21H27N3O3/c1-25-18-11-10-17(13-19(18)26-2)24-21(22)23-14-16-9-6-12-27-20(16)15-7-4-3-5-8-15/h3-5,7-8,10-11,13,16,20H,6,9,12,14H2,1-2H3,(H3,22,23,24). The summed E-state index contributed by atoms with van der Waals surface area (Å²) in [6.07, 6.45) is 2.19. The summed E-state index contributed by atoms with van der Waals surface area (Å²) in [4.78, 5) is 4.55. The summed E-state index contributed by atoms with van der Waals surface area (Å²) in [6, 6.07) is 15.9. The van der Waals surface area contributed by atoms with Crippen molar-refractivity contribution < 1.29 is 14.2 Å². The first-order valence-corrected chi connectivity index (χ1v) is 9.16. The fourth-order valence-corrected chi connectivity index (χ4v) is 3.36. The van der Waals surface area contributed by atoms with Gasteiger partial charge in [0.05, 0.1) is 20.3 Å². The number of aliphatic imine (C=N–C) groups is 1. The maximum Gasteiger partial charge on any atom is 0.193 e. The molecule has 1 heterocycles. The first-order chi connectivity index (χ1) is 13.2. The molecule has 2 atom stereocenters. The Morgan fingerprint density at radius 2 is 1.93 bits per heavy atom. The van der Waals surface area contributed by atoms with Crippen molar-refractivity contribution in [2.45, 2.75) is 18.9 Å². The predicted molar refractivity (Wildman–Crippen MR) is 108 cm³/mol. The number of benzene rings is 2. The first-order valence-electron chi connectivity index (χ1n) is 9.16. The molecule has 1 saturated heterocycles. The molecule has 6 heteroatoms. The van der Waals surface area contributed by atoms with Crippen LogP contribution in [0.5, 0.6) is 11.5 Å². The van der Waals surface area contributed by atoms with Crippen LogP contribution in [0, 0.1) is 5.92 Å². The van der Waals surface area contributed by atoms with E-state index in [0.29, 0.717) is 29.9 Å². The van der Waals surface area contributed by atoms with Gasteiger partial charge in [-0.1, -0.05) is 30.3 Å². The molecule has 144 valence electrons. The van der Waals surface area contributed by atoms with Crippen LogP contribution in [0.15, 0.2) is 53.5 Å². The van der Waals surface area contributed by atoms with Crippen molar-refractivity contribution in [3.8, 4) is 11.5 Å². The van der Waals surface area contributed by atoms with Gasteiger partial charge in [0.2, 0.25) is 0 Å². The Hall–Kier alpha value is -2.73. The second kappa shape index (κ2) is 9.28. The van der Waals surface area contributed by atoms with Crippen molar-refractivity contribution in [3.05, 3.63) is 54.1 Å². The number of nitrogens with two attached hydrogens (primary N) is 1. The summed E-state index contributed by atoms with van der Waals surface area (Å²) in [7, 11) is 3.21. The first kappa shape index (κ1) is 19.0. The molecule has 6 nitrogen and oxygen atoms in total. The Balaban J connectivity index is 1.65. The van der Waals surface area contributed by atoms with Crippen molar-refractivity contribution in [2.24, 2.45) is 16.6 Å². The van der Waals surface area contributed by atoms with E-state index in [2.05, 4.69) is 22.4 Å². The van der Waals surface area contributed by atoms with Gasteiger partial charge in [0.1, 0.15) is 0 Å². The molecule has 0 saturated carbocycles. The van der Waals surface area contributed by atoms with E-state index in [0.717, 1.165) is 25.1 Å². The summed E-state index contributed by atoms with van der Waals surface area (Å²) in [6.45, 7) is 1.41. The second-order valence-corrected chi connectivity index (χ2v) is 6.53. The third kappa shape index (κ3) is 4.92. The minimum atomic E-state index is 0.0672. The van der Waals surface area contributed by atoms with Gasteiger partial charge < -0.3 is 25.3 Å². The number of nitrogens with zero attached hydrogens (tertiary/aromatic N) is 1. The Morgan fingerprint density at radius 3 is 2.67 bits per heavy atom. The van der Waals surface area contributed by atoms with Crippen molar-refractivity contribution in [3.63, 3.8) is 0 Å². The Kier molecular flexibility index (Phi) is 6.54. The van der Waals surface area contributed by atoms with Gasteiger partial charge in [-0.15, -0.1) is 0 Å². The molecule has 0 spiro atoms. The molecule has 1 fully saturated rings. The molecule has 1 aliphatic rings. The highest BCUT2D eigenvalue weighted by atomic mass is 16.5. The molecule has 0 amide bonds. The number of ether oxygens (including phenoxy) is 3. The van der Waals surface area contributed by atoms with E-state index in [1.54, 1.807) is 14.2 Å². The van der Waals surface area contributed by atoms with E-state index >= 15 is 0 Å². The van der Waals surface area contributed by atoms with Gasteiger partial charge in [0.25, 0.3) is 0 Å². The van der Waals surface area contributed by atoms with Gasteiger partial charge in [-0.2, -0.15) is 0 Å². The monoisotopic (exact) mass is 369 g/mol. The van der Waals surface area contributed by atoms with Crippen LogP contribution in [-0.4, -0.2) is 33.3 Å². The quantitative estimate of drug-likeness (QED) is 0.601.